The van der Waals surface area contributed by atoms with Gasteiger partial charge in [-0.1, -0.05) is 36.4 Å². The molecule has 0 spiro atoms. The van der Waals surface area contributed by atoms with E-state index in [1.54, 1.807) is 12.4 Å². The zero-order chi connectivity index (χ0) is 22.9. The number of benzene rings is 2. The Balaban J connectivity index is 1.22. The number of para-hydroxylation sites is 2. The monoisotopic (exact) mass is 445 g/mol. The van der Waals surface area contributed by atoms with E-state index >= 15 is 0 Å². The van der Waals surface area contributed by atoms with Gasteiger partial charge in [-0.15, -0.1) is 0 Å². The molecule has 0 aliphatic carbocycles. The predicted octanol–water partition coefficient (Wildman–Crippen LogP) is 5.55. The van der Waals surface area contributed by atoms with Gasteiger partial charge in [0.1, 0.15) is 18.1 Å². The molecule has 1 aliphatic heterocycles. The third kappa shape index (κ3) is 6.48. The SMILES string of the molecule is CCOc1ccccc1NC(=O)N1CCC(Cc2ccc(COc3ccncc3)cc2)CC1. The lowest BCUT2D eigenvalue weighted by Crippen LogP contribution is -2.41. The molecule has 172 valence electrons. The quantitative estimate of drug-likeness (QED) is 0.494. The minimum atomic E-state index is -0.0563. The second-order valence-corrected chi connectivity index (χ2v) is 8.28. The van der Waals surface area contributed by atoms with Crippen molar-refractivity contribution in [3.05, 3.63) is 84.2 Å². The summed E-state index contributed by atoms with van der Waals surface area (Å²) in [6.45, 7) is 4.59. The molecule has 2 amide bonds. The van der Waals surface area contributed by atoms with Crippen LogP contribution >= 0.6 is 0 Å². The molecule has 3 aromatic rings. The number of rotatable bonds is 8. The van der Waals surface area contributed by atoms with Gasteiger partial charge >= 0.3 is 6.03 Å². The van der Waals surface area contributed by atoms with Gasteiger partial charge in [-0.3, -0.25) is 4.98 Å². The highest BCUT2D eigenvalue weighted by Gasteiger charge is 2.23. The number of carbonyl (C=O) groups is 1. The maximum absolute atomic E-state index is 12.7. The van der Waals surface area contributed by atoms with E-state index in [1.807, 2.05) is 48.2 Å². The number of hydrogen-bond donors (Lipinski definition) is 1. The zero-order valence-corrected chi connectivity index (χ0v) is 19.1. The third-order valence-electron chi connectivity index (χ3n) is 5.93. The second-order valence-electron chi connectivity index (χ2n) is 8.28. The number of ether oxygens (including phenoxy) is 2. The highest BCUT2D eigenvalue weighted by atomic mass is 16.5. The molecule has 6 heteroatoms. The largest absolute Gasteiger partial charge is 0.492 e. The van der Waals surface area contributed by atoms with Crippen LogP contribution in [0.25, 0.3) is 0 Å². The molecular formula is C27H31N3O3. The van der Waals surface area contributed by atoms with Crippen molar-refractivity contribution in [1.29, 1.82) is 0 Å². The molecule has 2 aromatic carbocycles. The fourth-order valence-corrected chi connectivity index (χ4v) is 4.09. The van der Waals surface area contributed by atoms with Crippen LogP contribution in [0.2, 0.25) is 0 Å². The van der Waals surface area contributed by atoms with Crippen molar-refractivity contribution in [2.45, 2.75) is 32.8 Å². The van der Waals surface area contributed by atoms with E-state index in [4.69, 9.17) is 9.47 Å². The molecule has 1 aromatic heterocycles. The standard InChI is InChI=1S/C27H31N3O3/c1-2-32-26-6-4-3-5-25(26)29-27(31)30-17-13-22(14-18-30)19-21-7-9-23(10-8-21)20-33-24-11-15-28-16-12-24/h3-12,15-16,22H,2,13-14,17-20H2,1H3,(H,29,31). The number of piperidine rings is 1. The van der Waals surface area contributed by atoms with Gasteiger partial charge in [0.25, 0.3) is 0 Å². The van der Waals surface area contributed by atoms with Crippen LogP contribution in [0, 0.1) is 5.92 Å². The number of carbonyl (C=O) groups excluding carboxylic acids is 1. The summed E-state index contributed by atoms with van der Waals surface area (Å²) in [4.78, 5) is 18.6. The maximum Gasteiger partial charge on any atom is 0.321 e. The number of nitrogens with one attached hydrogen (secondary N) is 1. The van der Waals surface area contributed by atoms with Gasteiger partial charge in [0.2, 0.25) is 0 Å². The molecule has 0 atom stereocenters. The molecule has 0 unspecified atom stereocenters. The average molecular weight is 446 g/mol. The summed E-state index contributed by atoms with van der Waals surface area (Å²) in [6, 6.07) is 19.9. The van der Waals surface area contributed by atoms with Gasteiger partial charge in [0.15, 0.2) is 0 Å². The fraction of sp³-hybridized carbons (Fsp3) is 0.333. The first-order chi connectivity index (χ1) is 16.2. The van der Waals surface area contributed by atoms with Gasteiger partial charge in [-0.2, -0.15) is 0 Å². The lowest BCUT2D eigenvalue weighted by atomic mass is 9.90. The number of hydrogen-bond acceptors (Lipinski definition) is 4. The third-order valence-corrected chi connectivity index (χ3v) is 5.93. The Bertz CT molecular complexity index is 1020. The van der Waals surface area contributed by atoms with Crippen LogP contribution in [0.5, 0.6) is 11.5 Å². The highest BCUT2D eigenvalue weighted by molar-refractivity contribution is 5.91. The van der Waals surface area contributed by atoms with Crippen LogP contribution in [0.4, 0.5) is 10.5 Å². The van der Waals surface area contributed by atoms with Crippen LogP contribution in [-0.4, -0.2) is 35.6 Å². The first-order valence-corrected chi connectivity index (χ1v) is 11.6. The van der Waals surface area contributed by atoms with Crippen LogP contribution in [-0.2, 0) is 13.0 Å². The van der Waals surface area contributed by atoms with Gasteiger partial charge in [0, 0.05) is 25.5 Å². The lowest BCUT2D eigenvalue weighted by molar-refractivity contribution is 0.182. The summed E-state index contributed by atoms with van der Waals surface area (Å²) in [5.41, 5.74) is 3.20. The highest BCUT2D eigenvalue weighted by Crippen LogP contribution is 2.26. The first kappa shape index (κ1) is 22.6. The smallest absolute Gasteiger partial charge is 0.321 e. The number of anilines is 1. The Morgan fingerprint density at radius 1 is 0.970 bits per heavy atom. The van der Waals surface area contributed by atoms with E-state index in [-0.39, 0.29) is 6.03 Å². The summed E-state index contributed by atoms with van der Waals surface area (Å²) in [6.07, 6.45) is 6.51. The molecule has 1 fully saturated rings. The average Bonchev–Trinajstić information content (AvgIpc) is 2.86. The van der Waals surface area contributed by atoms with Gasteiger partial charge < -0.3 is 19.7 Å². The number of pyridine rings is 1. The van der Waals surface area contributed by atoms with Crippen LogP contribution < -0.4 is 14.8 Å². The van der Waals surface area contributed by atoms with Crippen LogP contribution in [0.3, 0.4) is 0 Å². The summed E-state index contributed by atoms with van der Waals surface area (Å²) < 4.78 is 11.4. The number of nitrogens with zero attached hydrogens (tertiary/aromatic N) is 2. The Kier molecular flexibility index (Phi) is 7.80. The van der Waals surface area contributed by atoms with E-state index < -0.39 is 0 Å². The summed E-state index contributed by atoms with van der Waals surface area (Å²) in [7, 11) is 0. The van der Waals surface area contributed by atoms with E-state index in [0.717, 1.165) is 49.4 Å². The van der Waals surface area contributed by atoms with Crippen molar-refractivity contribution in [3.8, 4) is 11.5 Å². The summed E-state index contributed by atoms with van der Waals surface area (Å²) >= 11 is 0. The molecule has 6 nitrogen and oxygen atoms in total. The molecule has 0 bridgehead atoms. The van der Waals surface area contributed by atoms with Crippen molar-refractivity contribution in [1.82, 2.24) is 9.88 Å². The molecule has 0 radical (unpaired) electrons. The van der Waals surface area contributed by atoms with E-state index in [2.05, 4.69) is 34.6 Å². The van der Waals surface area contributed by atoms with Crippen molar-refractivity contribution in [2.24, 2.45) is 5.92 Å². The van der Waals surface area contributed by atoms with E-state index in [0.29, 0.717) is 24.9 Å². The lowest BCUT2D eigenvalue weighted by Gasteiger charge is -2.32. The normalized spacial score (nSPS) is 14.0. The summed E-state index contributed by atoms with van der Waals surface area (Å²) in [5.74, 6) is 2.12. The van der Waals surface area contributed by atoms with Crippen molar-refractivity contribution >= 4 is 11.7 Å². The van der Waals surface area contributed by atoms with Gasteiger partial charge in [-0.05, 0) is 67.5 Å². The maximum atomic E-state index is 12.7. The molecule has 4 rings (SSSR count). The van der Waals surface area contributed by atoms with Crippen LogP contribution in [0.1, 0.15) is 30.9 Å². The minimum absolute atomic E-state index is 0.0563. The Morgan fingerprint density at radius 3 is 2.39 bits per heavy atom. The van der Waals surface area contributed by atoms with Crippen LogP contribution in [0.15, 0.2) is 73.1 Å². The molecule has 33 heavy (non-hydrogen) atoms. The van der Waals surface area contributed by atoms with E-state index in [9.17, 15) is 4.79 Å². The Labute approximate surface area is 195 Å². The number of urea groups is 1. The summed E-state index contributed by atoms with van der Waals surface area (Å²) in [5, 5.41) is 3.01. The first-order valence-electron chi connectivity index (χ1n) is 11.6. The topological polar surface area (TPSA) is 63.7 Å². The van der Waals surface area contributed by atoms with Crippen molar-refractivity contribution in [3.63, 3.8) is 0 Å². The van der Waals surface area contributed by atoms with E-state index in [1.165, 1.54) is 5.56 Å². The second kappa shape index (κ2) is 11.4. The number of amides is 2. The Morgan fingerprint density at radius 2 is 1.67 bits per heavy atom. The van der Waals surface area contributed by atoms with Crippen molar-refractivity contribution in [2.75, 3.05) is 25.0 Å². The molecule has 1 aliphatic rings. The molecular weight excluding hydrogens is 414 g/mol. The molecule has 1 saturated heterocycles. The van der Waals surface area contributed by atoms with Gasteiger partial charge in [-0.25, -0.2) is 4.79 Å². The number of aromatic nitrogens is 1. The van der Waals surface area contributed by atoms with Crippen molar-refractivity contribution < 1.29 is 14.3 Å². The predicted molar refractivity (Wildman–Crippen MR) is 130 cm³/mol. The fourth-order valence-electron chi connectivity index (χ4n) is 4.09. The van der Waals surface area contributed by atoms with Gasteiger partial charge in [0.05, 0.1) is 12.3 Å². The zero-order valence-electron chi connectivity index (χ0n) is 19.1. The molecule has 1 N–H and O–H groups in total. The molecule has 0 saturated carbocycles. The Hall–Kier alpha value is -3.54. The molecule has 2 heterocycles. The minimum Gasteiger partial charge on any atom is -0.492 e. The number of likely N-dealkylation sites (tertiary alicyclic amines) is 1.